The molecule has 5 aliphatic carbocycles. The van der Waals surface area contributed by atoms with Crippen LogP contribution in [0.4, 0.5) is 0 Å². The van der Waals surface area contributed by atoms with Gasteiger partial charge in [0.2, 0.25) is 0 Å². The summed E-state index contributed by atoms with van der Waals surface area (Å²) >= 11 is 0. The lowest BCUT2D eigenvalue weighted by Gasteiger charge is -2.70. The number of hydrogen-bond acceptors (Lipinski definition) is 6. The summed E-state index contributed by atoms with van der Waals surface area (Å²) in [5, 5.41) is 21.2. The molecule has 0 radical (unpaired) electrons. The predicted molar refractivity (Wildman–Crippen MR) is 139 cm³/mol. The van der Waals surface area contributed by atoms with Gasteiger partial charge in [0.15, 0.2) is 5.78 Å². The van der Waals surface area contributed by atoms with Crippen LogP contribution < -0.4 is 0 Å². The van der Waals surface area contributed by atoms with E-state index in [2.05, 4.69) is 40.7 Å². The van der Waals surface area contributed by atoms with Gasteiger partial charge in [0.25, 0.3) is 0 Å². The van der Waals surface area contributed by atoms with Gasteiger partial charge in [-0.15, -0.1) is 0 Å². The van der Waals surface area contributed by atoms with E-state index < -0.39 is 34.9 Å². The van der Waals surface area contributed by atoms with Gasteiger partial charge in [0.05, 0.1) is 19.1 Å². The number of methoxy groups -OCH3 is 1. The fourth-order valence-electron chi connectivity index (χ4n) is 10.8. The van der Waals surface area contributed by atoms with E-state index >= 15 is 0 Å². The molecule has 5 rings (SSSR count). The number of carbonyl (C=O) groups is 3. The summed E-state index contributed by atoms with van der Waals surface area (Å²) < 4.78 is 5.43. The van der Waals surface area contributed by atoms with Crippen LogP contribution in [-0.2, 0) is 19.1 Å². The van der Waals surface area contributed by atoms with Crippen molar-refractivity contribution in [2.75, 3.05) is 13.7 Å². The van der Waals surface area contributed by atoms with Crippen LogP contribution in [0, 0.1) is 56.7 Å². The molecule has 11 atom stereocenters. The molecule has 0 saturated heterocycles. The highest BCUT2D eigenvalue weighted by Crippen LogP contribution is 2.75. The molecular formula is C31H46O6. The number of allylic oxidation sites excluding steroid dienone is 2. The van der Waals surface area contributed by atoms with E-state index in [9.17, 15) is 24.6 Å². The Kier molecular flexibility index (Phi) is 6.02. The standard InChI is InChI=1S/C31H46O6/c1-17-10-11-31(26(36)37-7)13-12-29(5)19(23(31)18(17)2)8-9-22-27(3)14-21(34)25(35)28(4,16-32)24(27)20(33)15-30(22,29)6/h8,17-18,22-25,32,35H,9-16H2,1-7H3/t17-,18+,22-,23+,24-,25+,27-,28+,29-,30-,31+/m1/s1. The van der Waals surface area contributed by atoms with Crippen molar-refractivity contribution >= 4 is 17.5 Å². The third-order valence-electron chi connectivity index (χ3n) is 13.1. The van der Waals surface area contributed by atoms with Crippen LogP contribution in [0.15, 0.2) is 11.6 Å². The smallest absolute Gasteiger partial charge is 0.312 e. The van der Waals surface area contributed by atoms with E-state index in [4.69, 9.17) is 4.74 Å². The van der Waals surface area contributed by atoms with Crippen molar-refractivity contribution < 1.29 is 29.3 Å². The van der Waals surface area contributed by atoms with E-state index in [1.165, 1.54) is 12.7 Å². The molecule has 0 aromatic rings. The minimum Gasteiger partial charge on any atom is -0.469 e. The summed E-state index contributed by atoms with van der Waals surface area (Å²) in [6.07, 6.45) is 5.70. The normalized spacial score (nSPS) is 53.3. The molecule has 5 aliphatic rings. The number of hydrogen-bond donors (Lipinski definition) is 2. The minimum atomic E-state index is -1.32. The van der Waals surface area contributed by atoms with Gasteiger partial charge in [0.1, 0.15) is 11.9 Å². The number of esters is 1. The number of ketones is 2. The van der Waals surface area contributed by atoms with E-state index in [0.717, 1.165) is 32.1 Å². The number of aliphatic hydroxyl groups excluding tert-OH is 2. The summed E-state index contributed by atoms with van der Waals surface area (Å²) in [4.78, 5) is 40.7. The monoisotopic (exact) mass is 514 g/mol. The van der Waals surface area contributed by atoms with Crippen LogP contribution in [0.1, 0.15) is 86.5 Å². The number of Topliss-reactive ketones (excluding diaryl/α,β-unsaturated/α-hetero) is 2. The molecule has 0 amide bonds. The van der Waals surface area contributed by atoms with Crippen LogP contribution in [0.3, 0.4) is 0 Å². The maximum absolute atomic E-state index is 14.1. The molecule has 0 bridgehead atoms. The van der Waals surface area contributed by atoms with Crippen molar-refractivity contribution in [1.82, 2.24) is 0 Å². The van der Waals surface area contributed by atoms with Gasteiger partial charge in [-0.2, -0.15) is 0 Å². The second kappa shape index (κ2) is 8.24. The topological polar surface area (TPSA) is 101 Å². The fraction of sp³-hybridized carbons (Fsp3) is 0.839. The van der Waals surface area contributed by atoms with Gasteiger partial charge >= 0.3 is 5.97 Å². The van der Waals surface area contributed by atoms with E-state index in [1.807, 2.05) is 0 Å². The highest BCUT2D eigenvalue weighted by Gasteiger charge is 2.73. The number of rotatable bonds is 2. The molecular weight excluding hydrogens is 468 g/mol. The number of ether oxygens (including phenoxy) is 1. The first-order valence-corrected chi connectivity index (χ1v) is 14.3. The molecule has 206 valence electrons. The van der Waals surface area contributed by atoms with Gasteiger partial charge in [0, 0.05) is 24.2 Å². The van der Waals surface area contributed by atoms with Crippen molar-refractivity contribution in [2.24, 2.45) is 56.7 Å². The van der Waals surface area contributed by atoms with Crippen LogP contribution in [0.2, 0.25) is 0 Å². The molecule has 0 aromatic heterocycles. The molecule has 4 saturated carbocycles. The number of fused-ring (bicyclic) bond motifs is 7. The zero-order valence-corrected chi connectivity index (χ0v) is 23.7. The lowest BCUT2D eigenvalue weighted by atomic mass is 9.33. The summed E-state index contributed by atoms with van der Waals surface area (Å²) in [6.45, 7) is 12.5. The quantitative estimate of drug-likeness (QED) is 0.415. The third kappa shape index (κ3) is 3.09. The highest BCUT2D eigenvalue weighted by atomic mass is 16.5. The fourth-order valence-corrected chi connectivity index (χ4v) is 10.8. The molecule has 6 heteroatoms. The Morgan fingerprint density at radius 3 is 2.35 bits per heavy atom. The van der Waals surface area contributed by atoms with Crippen molar-refractivity contribution in [3.63, 3.8) is 0 Å². The van der Waals surface area contributed by atoms with Gasteiger partial charge in [-0.1, -0.05) is 53.2 Å². The first kappa shape index (κ1) is 27.1. The van der Waals surface area contributed by atoms with Gasteiger partial charge in [-0.05, 0) is 72.0 Å². The van der Waals surface area contributed by atoms with Crippen molar-refractivity contribution in [2.45, 2.75) is 92.6 Å². The van der Waals surface area contributed by atoms with Crippen molar-refractivity contribution in [3.05, 3.63) is 11.6 Å². The molecule has 4 fully saturated rings. The molecule has 2 N–H and O–H groups in total. The Labute approximate surface area is 221 Å². The Morgan fingerprint density at radius 1 is 1.05 bits per heavy atom. The van der Waals surface area contributed by atoms with Crippen LogP contribution in [0.5, 0.6) is 0 Å². The van der Waals surface area contributed by atoms with Crippen LogP contribution in [0.25, 0.3) is 0 Å². The van der Waals surface area contributed by atoms with Crippen molar-refractivity contribution in [3.8, 4) is 0 Å². The van der Waals surface area contributed by atoms with Gasteiger partial charge < -0.3 is 14.9 Å². The average molecular weight is 515 g/mol. The molecule has 0 heterocycles. The largest absolute Gasteiger partial charge is 0.469 e. The summed E-state index contributed by atoms with van der Waals surface area (Å²) in [6, 6.07) is 0. The Morgan fingerprint density at radius 2 is 1.73 bits per heavy atom. The average Bonchev–Trinajstić information content (AvgIpc) is 2.84. The van der Waals surface area contributed by atoms with Crippen LogP contribution in [-0.4, -0.2) is 47.6 Å². The maximum Gasteiger partial charge on any atom is 0.312 e. The van der Waals surface area contributed by atoms with Crippen LogP contribution >= 0.6 is 0 Å². The molecule has 37 heavy (non-hydrogen) atoms. The molecule has 0 aliphatic heterocycles. The second-order valence-electron chi connectivity index (χ2n) is 14.5. The first-order valence-electron chi connectivity index (χ1n) is 14.3. The zero-order valence-electron chi connectivity index (χ0n) is 23.7. The zero-order chi connectivity index (χ0) is 27.3. The van der Waals surface area contributed by atoms with Gasteiger partial charge in [-0.25, -0.2) is 0 Å². The molecule has 0 spiro atoms. The minimum absolute atomic E-state index is 0.0562. The third-order valence-corrected chi connectivity index (χ3v) is 13.1. The van der Waals surface area contributed by atoms with E-state index in [1.54, 1.807) is 6.92 Å². The number of carbonyl (C=O) groups excluding carboxylic acids is 3. The molecule has 0 aromatic carbocycles. The lowest BCUT2D eigenvalue weighted by molar-refractivity contribution is -0.210. The Bertz CT molecular complexity index is 1060. The Hall–Kier alpha value is -1.53. The molecule has 6 nitrogen and oxygen atoms in total. The Balaban J connectivity index is 1.66. The maximum atomic E-state index is 14.1. The lowest BCUT2D eigenvalue weighted by Crippen LogP contribution is -2.70. The predicted octanol–water partition coefficient (Wildman–Crippen LogP) is 4.51. The van der Waals surface area contributed by atoms with E-state index in [0.29, 0.717) is 18.3 Å². The summed E-state index contributed by atoms with van der Waals surface area (Å²) in [5.41, 5.74) is -1.69. The second-order valence-corrected chi connectivity index (χ2v) is 14.5. The summed E-state index contributed by atoms with van der Waals surface area (Å²) in [5.74, 6) is 0.0837. The first-order chi connectivity index (χ1) is 17.2. The molecule has 0 unspecified atom stereocenters. The number of aliphatic hydroxyl groups is 2. The van der Waals surface area contributed by atoms with Crippen molar-refractivity contribution in [1.29, 1.82) is 0 Å². The van der Waals surface area contributed by atoms with Gasteiger partial charge in [-0.3, -0.25) is 14.4 Å². The summed E-state index contributed by atoms with van der Waals surface area (Å²) in [7, 11) is 1.50. The highest BCUT2D eigenvalue weighted by molar-refractivity contribution is 5.92. The van der Waals surface area contributed by atoms with E-state index in [-0.39, 0.29) is 46.6 Å². The SMILES string of the molecule is COC(=O)[C@]12CC[C@@H](C)[C@H](C)[C@H]1C1=CC[C@@H]3[C@@]4(C)CC(=O)[C@H](O)[C@@](C)(CO)[C@@H]4C(=O)C[C@@]3(C)[C@]1(C)CC2.